The Morgan fingerprint density at radius 2 is 2.53 bits per heavy atom. The molecule has 0 fully saturated rings. The summed E-state index contributed by atoms with van der Waals surface area (Å²) in [6.07, 6.45) is 4.89. The molecule has 0 N–H and O–H groups in total. The van der Waals surface area contributed by atoms with Gasteiger partial charge in [-0.3, -0.25) is 4.79 Å². The van der Waals surface area contributed by atoms with Crippen LogP contribution in [0.25, 0.3) is 6.08 Å². The Morgan fingerprint density at radius 1 is 1.73 bits per heavy atom. The number of hydrogen-bond acceptors (Lipinski definition) is 4. The SMILES string of the molecule is CC(=O)SCCC=Cc1csc(C#N)c1. The lowest BCUT2D eigenvalue weighted by Gasteiger charge is -1.90. The van der Waals surface area contributed by atoms with Crippen molar-refractivity contribution in [2.24, 2.45) is 0 Å². The second-order valence-electron chi connectivity index (χ2n) is 2.89. The molecule has 1 rings (SSSR count). The van der Waals surface area contributed by atoms with Crippen molar-refractivity contribution in [1.82, 2.24) is 0 Å². The van der Waals surface area contributed by atoms with Crippen molar-refractivity contribution < 1.29 is 4.79 Å². The van der Waals surface area contributed by atoms with Gasteiger partial charge in [-0.2, -0.15) is 5.26 Å². The number of carbonyl (C=O) groups is 1. The zero-order valence-electron chi connectivity index (χ0n) is 8.40. The van der Waals surface area contributed by atoms with Gasteiger partial charge in [0, 0.05) is 12.7 Å². The number of nitrogens with zero attached hydrogens (tertiary/aromatic N) is 1. The topological polar surface area (TPSA) is 40.9 Å². The number of thioether (sulfide) groups is 1. The van der Waals surface area contributed by atoms with E-state index in [1.807, 2.05) is 23.6 Å². The Hall–Kier alpha value is -1.05. The van der Waals surface area contributed by atoms with Gasteiger partial charge in [0.05, 0.1) is 0 Å². The molecule has 0 aliphatic rings. The average molecular weight is 237 g/mol. The van der Waals surface area contributed by atoms with Crippen LogP contribution in [0.15, 0.2) is 17.5 Å². The molecule has 78 valence electrons. The first-order chi connectivity index (χ1) is 7.22. The minimum Gasteiger partial charge on any atom is -0.288 e. The van der Waals surface area contributed by atoms with Crippen molar-refractivity contribution in [2.75, 3.05) is 5.75 Å². The Morgan fingerprint density at radius 3 is 3.13 bits per heavy atom. The second-order valence-corrected chi connectivity index (χ2v) is 5.07. The average Bonchev–Trinajstić information content (AvgIpc) is 2.65. The molecule has 0 aromatic carbocycles. The predicted octanol–water partition coefficient (Wildman–Crippen LogP) is 3.30. The summed E-state index contributed by atoms with van der Waals surface area (Å²) in [6, 6.07) is 3.96. The fourth-order valence-electron chi connectivity index (χ4n) is 0.987. The molecule has 1 aromatic rings. The molecule has 4 heteroatoms. The van der Waals surface area contributed by atoms with Crippen LogP contribution in [0.2, 0.25) is 0 Å². The molecule has 2 nitrogen and oxygen atoms in total. The summed E-state index contributed by atoms with van der Waals surface area (Å²) in [5, 5.41) is 10.7. The summed E-state index contributed by atoms with van der Waals surface area (Å²) in [6.45, 7) is 1.58. The van der Waals surface area contributed by atoms with Gasteiger partial charge < -0.3 is 0 Å². The lowest BCUT2D eigenvalue weighted by Crippen LogP contribution is -1.83. The van der Waals surface area contributed by atoms with Crippen molar-refractivity contribution >= 4 is 34.3 Å². The van der Waals surface area contributed by atoms with Crippen molar-refractivity contribution in [3.05, 3.63) is 28.0 Å². The Bertz CT molecular complexity index is 401. The molecule has 0 spiro atoms. The molecular weight excluding hydrogens is 226 g/mol. The third-order valence-corrected chi connectivity index (χ3v) is 3.33. The second kappa shape index (κ2) is 6.44. The predicted molar refractivity (Wildman–Crippen MR) is 65.8 cm³/mol. The number of hydrogen-bond donors (Lipinski definition) is 0. The fourth-order valence-corrected chi connectivity index (χ4v) is 2.19. The highest BCUT2D eigenvalue weighted by atomic mass is 32.2. The van der Waals surface area contributed by atoms with Gasteiger partial charge in [0.25, 0.3) is 0 Å². The lowest BCUT2D eigenvalue weighted by molar-refractivity contribution is -0.109. The van der Waals surface area contributed by atoms with Gasteiger partial charge in [-0.25, -0.2) is 0 Å². The molecule has 0 unspecified atom stereocenters. The molecule has 1 heterocycles. The molecule has 1 aromatic heterocycles. The molecule has 0 saturated carbocycles. The first-order valence-corrected chi connectivity index (χ1v) is 6.37. The molecule has 0 atom stereocenters. The molecule has 0 aliphatic carbocycles. The van der Waals surface area contributed by atoms with E-state index in [1.165, 1.54) is 23.1 Å². The zero-order valence-corrected chi connectivity index (χ0v) is 10.0. The number of thiophene rings is 1. The monoisotopic (exact) mass is 237 g/mol. The van der Waals surface area contributed by atoms with Crippen LogP contribution in [0.5, 0.6) is 0 Å². The maximum absolute atomic E-state index is 10.6. The van der Waals surface area contributed by atoms with E-state index in [9.17, 15) is 4.79 Å². The molecular formula is C11H11NOS2. The molecule has 0 radical (unpaired) electrons. The maximum Gasteiger partial charge on any atom is 0.185 e. The van der Waals surface area contributed by atoms with Crippen LogP contribution in [-0.2, 0) is 4.79 Å². The van der Waals surface area contributed by atoms with Crippen LogP contribution < -0.4 is 0 Å². The number of nitriles is 1. The zero-order chi connectivity index (χ0) is 11.1. The number of allylic oxidation sites excluding steroid dienone is 1. The summed E-state index contributed by atoms with van der Waals surface area (Å²) >= 11 is 2.78. The van der Waals surface area contributed by atoms with Gasteiger partial charge >= 0.3 is 0 Å². The normalized spacial score (nSPS) is 10.4. The van der Waals surface area contributed by atoms with Crippen molar-refractivity contribution in [2.45, 2.75) is 13.3 Å². The van der Waals surface area contributed by atoms with Crippen molar-refractivity contribution in [1.29, 1.82) is 5.26 Å². The largest absolute Gasteiger partial charge is 0.288 e. The smallest absolute Gasteiger partial charge is 0.185 e. The van der Waals surface area contributed by atoms with Crippen molar-refractivity contribution in [3.63, 3.8) is 0 Å². The van der Waals surface area contributed by atoms with E-state index < -0.39 is 0 Å². The summed E-state index contributed by atoms with van der Waals surface area (Å²) in [5.74, 6) is 0.821. The summed E-state index contributed by atoms with van der Waals surface area (Å²) in [5.41, 5.74) is 1.06. The van der Waals surface area contributed by atoms with E-state index >= 15 is 0 Å². The van der Waals surface area contributed by atoms with E-state index in [0.717, 1.165) is 22.6 Å². The van der Waals surface area contributed by atoms with Crippen LogP contribution in [0.3, 0.4) is 0 Å². The highest BCUT2D eigenvalue weighted by molar-refractivity contribution is 8.13. The van der Waals surface area contributed by atoms with Gasteiger partial charge in [-0.05, 0) is 23.4 Å². The summed E-state index contributed by atoms with van der Waals surface area (Å²) in [7, 11) is 0. The van der Waals surface area contributed by atoms with E-state index in [0.29, 0.717) is 0 Å². The highest BCUT2D eigenvalue weighted by Gasteiger charge is 1.94. The Balaban J connectivity index is 2.32. The van der Waals surface area contributed by atoms with E-state index in [2.05, 4.69) is 6.07 Å². The lowest BCUT2D eigenvalue weighted by atomic mass is 10.3. The Kier molecular flexibility index (Phi) is 5.16. The minimum atomic E-state index is 0.158. The van der Waals surface area contributed by atoms with Gasteiger partial charge in [0.15, 0.2) is 5.12 Å². The number of carbonyl (C=O) groups excluding carboxylic acids is 1. The fraction of sp³-hybridized carbons (Fsp3) is 0.273. The van der Waals surface area contributed by atoms with Crippen LogP contribution >= 0.6 is 23.1 Å². The third-order valence-electron chi connectivity index (χ3n) is 1.63. The quantitative estimate of drug-likeness (QED) is 0.754. The number of rotatable bonds is 4. The first-order valence-electron chi connectivity index (χ1n) is 4.51. The maximum atomic E-state index is 10.6. The van der Waals surface area contributed by atoms with Gasteiger partial charge in [-0.1, -0.05) is 23.9 Å². The van der Waals surface area contributed by atoms with Gasteiger partial charge in [0.2, 0.25) is 0 Å². The summed E-state index contributed by atoms with van der Waals surface area (Å²) in [4.78, 5) is 11.4. The van der Waals surface area contributed by atoms with Crippen molar-refractivity contribution in [3.8, 4) is 6.07 Å². The van der Waals surface area contributed by atoms with Gasteiger partial charge in [0.1, 0.15) is 10.9 Å². The van der Waals surface area contributed by atoms with E-state index in [-0.39, 0.29) is 5.12 Å². The highest BCUT2D eigenvalue weighted by Crippen LogP contribution is 2.15. The van der Waals surface area contributed by atoms with Crippen LogP contribution in [0, 0.1) is 11.3 Å². The molecule has 15 heavy (non-hydrogen) atoms. The Labute approximate surface area is 97.6 Å². The first kappa shape index (κ1) is 12.0. The van der Waals surface area contributed by atoms with E-state index in [4.69, 9.17) is 5.26 Å². The minimum absolute atomic E-state index is 0.158. The van der Waals surface area contributed by atoms with Crippen LogP contribution in [-0.4, -0.2) is 10.9 Å². The molecule has 0 bridgehead atoms. The molecule has 0 saturated heterocycles. The van der Waals surface area contributed by atoms with E-state index in [1.54, 1.807) is 6.92 Å². The van der Waals surface area contributed by atoms with Crippen LogP contribution in [0.1, 0.15) is 23.8 Å². The molecule has 0 aliphatic heterocycles. The van der Waals surface area contributed by atoms with Crippen LogP contribution in [0.4, 0.5) is 0 Å². The summed E-state index contributed by atoms with van der Waals surface area (Å²) < 4.78 is 0. The van der Waals surface area contributed by atoms with Gasteiger partial charge in [-0.15, -0.1) is 11.3 Å². The molecule has 0 amide bonds. The standard InChI is InChI=1S/C11H11NOS2/c1-9(13)14-5-3-2-4-10-6-11(7-12)15-8-10/h2,4,6,8H,3,5H2,1H3. The third kappa shape index (κ3) is 4.82.